The van der Waals surface area contributed by atoms with Crippen molar-refractivity contribution in [1.29, 1.82) is 0 Å². The number of hydrogen-bond acceptors (Lipinski definition) is 3. The lowest BCUT2D eigenvalue weighted by Gasteiger charge is -2.32. The molecular formula is C26H28Cl3N5O2. The van der Waals surface area contributed by atoms with Crippen molar-refractivity contribution in [2.24, 2.45) is 0 Å². The predicted octanol–water partition coefficient (Wildman–Crippen LogP) is 6.12. The first-order valence-electron chi connectivity index (χ1n) is 11.9. The van der Waals surface area contributed by atoms with Gasteiger partial charge in [-0.15, -0.1) is 0 Å². The summed E-state index contributed by atoms with van der Waals surface area (Å²) >= 11 is 18.8. The van der Waals surface area contributed by atoms with E-state index in [1.165, 1.54) is 0 Å². The fraction of sp³-hybridized carbons (Fsp3) is 0.346. The molecule has 3 amide bonds. The van der Waals surface area contributed by atoms with E-state index in [1.54, 1.807) is 39.9 Å². The van der Waals surface area contributed by atoms with Gasteiger partial charge >= 0.3 is 6.03 Å². The van der Waals surface area contributed by atoms with Crippen LogP contribution in [0.2, 0.25) is 15.1 Å². The van der Waals surface area contributed by atoms with Crippen LogP contribution >= 0.6 is 34.8 Å². The summed E-state index contributed by atoms with van der Waals surface area (Å²) in [7, 11) is 0. The van der Waals surface area contributed by atoms with E-state index in [1.807, 2.05) is 26.0 Å². The molecule has 2 N–H and O–H groups in total. The number of carbonyl (C=O) groups is 2. The molecule has 0 radical (unpaired) electrons. The zero-order valence-electron chi connectivity index (χ0n) is 20.2. The lowest BCUT2D eigenvalue weighted by Crippen LogP contribution is -2.49. The summed E-state index contributed by atoms with van der Waals surface area (Å²) in [6, 6.07) is 12.4. The van der Waals surface area contributed by atoms with E-state index in [0.717, 1.165) is 23.2 Å². The summed E-state index contributed by atoms with van der Waals surface area (Å²) in [5, 5.41) is 12.1. The van der Waals surface area contributed by atoms with Gasteiger partial charge < -0.3 is 15.5 Å². The number of nitrogens with zero attached hydrogens (tertiary/aromatic N) is 3. The Bertz CT molecular complexity index is 1250. The first-order chi connectivity index (χ1) is 17.3. The molecule has 1 aromatic heterocycles. The largest absolute Gasteiger partial charge is 0.338 e. The van der Waals surface area contributed by atoms with Gasteiger partial charge in [0.05, 0.1) is 16.4 Å². The van der Waals surface area contributed by atoms with Gasteiger partial charge in [0.25, 0.3) is 5.91 Å². The van der Waals surface area contributed by atoms with Gasteiger partial charge in [0.15, 0.2) is 5.69 Å². The van der Waals surface area contributed by atoms with Gasteiger partial charge in [-0.2, -0.15) is 5.10 Å². The Kier molecular flexibility index (Phi) is 8.44. The highest BCUT2D eigenvalue weighted by atomic mass is 35.5. The van der Waals surface area contributed by atoms with Crippen LogP contribution in [0.15, 0.2) is 42.5 Å². The van der Waals surface area contributed by atoms with Crippen LogP contribution in [-0.2, 0) is 0 Å². The number of nitrogens with one attached hydrogen (secondary N) is 2. The van der Waals surface area contributed by atoms with Crippen LogP contribution in [0.3, 0.4) is 0 Å². The number of halogens is 3. The maximum atomic E-state index is 13.6. The molecule has 3 aromatic rings. The van der Waals surface area contributed by atoms with Gasteiger partial charge in [-0.05, 0) is 56.5 Å². The molecule has 4 rings (SSSR count). The number of benzene rings is 2. The zero-order chi connectivity index (χ0) is 25.8. The van der Waals surface area contributed by atoms with Gasteiger partial charge in [-0.25, -0.2) is 9.48 Å². The average Bonchev–Trinajstić information content (AvgIpc) is 3.20. The molecular weight excluding hydrogens is 521 g/mol. The minimum absolute atomic E-state index is 0.0297. The van der Waals surface area contributed by atoms with E-state index < -0.39 is 0 Å². The van der Waals surface area contributed by atoms with Crippen LogP contribution in [0.1, 0.15) is 42.2 Å². The molecule has 2 heterocycles. The molecule has 0 spiro atoms. The summed E-state index contributed by atoms with van der Waals surface area (Å²) in [5.41, 5.74) is 3.33. The fourth-order valence-corrected chi connectivity index (χ4v) is 4.94. The third kappa shape index (κ3) is 5.80. The fourth-order valence-electron chi connectivity index (χ4n) is 4.32. The van der Waals surface area contributed by atoms with Crippen LogP contribution in [0.5, 0.6) is 0 Å². The predicted molar refractivity (Wildman–Crippen MR) is 145 cm³/mol. The van der Waals surface area contributed by atoms with E-state index in [4.69, 9.17) is 39.9 Å². The highest BCUT2D eigenvalue weighted by Crippen LogP contribution is 2.33. The van der Waals surface area contributed by atoms with E-state index in [2.05, 4.69) is 10.6 Å². The molecule has 1 aliphatic rings. The quantitative estimate of drug-likeness (QED) is 0.389. The molecule has 0 unspecified atom stereocenters. The molecule has 10 heteroatoms. The standard InChI is InChI=1S/C26H28Cl3N5O2/c1-3-12-30-26(36)31-20-10-13-33(14-11-20)25(35)23-16(2)24(17-4-6-18(27)7-5-17)34(32-23)22-9-8-19(28)15-21(22)29/h4-9,15,20H,3,10-14H2,1-2H3,(H2,30,31,36). The van der Waals surface area contributed by atoms with Crippen LogP contribution in [0.25, 0.3) is 16.9 Å². The molecule has 190 valence electrons. The highest BCUT2D eigenvalue weighted by molar-refractivity contribution is 6.35. The van der Waals surface area contributed by atoms with Gasteiger partial charge in [0.2, 0.25) is 0 Å². The summed E-state index contributed by atoms with van der Waals surface area (Å²) < 4.78 is 1.69. The summed E-state index contributed by atoms with van der Waals surface area (Å²) in [5.74, 6) is -0.152. The summed E-state index contributed by atoms with van der Waals surface area (Å²) in [4.78, 5) is 27.4. The lowest BCUT2D eigenvalue weighted by molar-refractivity contribution is 0.0701. The van der Waals surface area contributed by atoms with Crippen LogP contribution < -0.4 is 10.6 Å². The Morgan fingerprint density at radius 1 is 1.03 bits per heavy atom. The minimum atomic E-state index is -0.163. The third-order valence-corrected chi connectivity index (χ3v) is 7.02. The van der Waals surface area contributed by atoms with Gasteiger partial charge in [-0.1, -0.05) is 53.9 Å². The SMILES string of the molecule is CCCNC(=O)NC1CCN(C(=O)c2nn(-c3ccc(Cl)cc3Cl)c(-c3ccc(Cl)cc3)c2C)CC1. The van der Waals surface area contributed by atoms with Crippen molar-refractivity contribution in [1.82, 2.24) is 25.3 Å². The average molecular weight is 549 g/mol. The molecule has 7 nitrogen and oxygen atoms in total. The van der Waals surface area contributed by atoms with Crippen molar-refractivity contribution in [3.8, 4) is 16.9 Å². The second kappa shape index (κ2) is 11.5. The molecule has 36 heavy (non-hydrogen) atoms. The number of urea groups is 1. The second-order valence-corrected chi connectivity index (χ2v) is 10.1. The van der Waals surface area contributed by atoms with Gasteiger partial charge in [0.1, 0.15) is 0 Å². The van der Waals surface area contributed by atoms with E-state index in [9.17, 15) is 9.59 Å². The maximum absolute atomic E-state index is 13.6. The summed E-state index contributed by atoms with van der Waals surface area (Å²) in [6.45, 7) is 5.59. The monoisotopic (exact) mass is 547 g/mol. The topological polar surface area (TPSA) is 79.3 Å². The number of piperidine rings is 1. The van der Waals surface area contributed by atoms with Crippen molar-refractivity contribution in [3.63, 3.8) is 0 Å². The van der Waals surface area contributed by atoms with E-state index in [-0.39, 0.29) is 18.0 Å². The molecule has 2 aromatic carbocycles. The Morgan fingerprint density at radius 2 is 1.69 bits per heavy atom. The Hall–Kier alpha value is -2.74. The number of hydrogen-bond donors (Lipinski definition) is 2. The number of likely N-dealkylation sites (tertiary alicyclic amines) is 1. The molecule has 0 aliphatic carbocycles. The van der Waals surface area contributed by atoms with Gasteiger partial charge in [0, 0.05) is 46.8 Å². The van der Waals surface area contributed by atoms with Crippen LogP contribution in [-0.4, -0.2) is 52.3 Å². The van der Waals surface area contributed by atoms with Crippen molar-refractivity contribution in [2.45, 2.75) is 39.2 Å². The van der Waals surface area contributed by atoms with Gasteiger partial charge in [-0.3, -0.25) is 4.79 Å². The van der Waals surface area contributed by atoms with Crippen LogP contribution in [0, 0.1) is 6.92 Å². The smallest absolute Gasteiger partial charge is 0.315 e. The second-order valence-electron chi connectivity index (χ2n) is 8.80. The molecule has 0 bridgehead atoms. The number of amides is 3. The molecule has 1 aliphatic heterocycles. The van der Waals surface area contributed by atoms with Crippen molar-refractivity contribution in [2.75, 3.05) is 19.6 Å². The Balaban J connectivity index is 1.61. The zero-order valence-corrected chi connectivity index (χ0v) is 22.4. The maximum Gasteiger partial charge on any atom is 0.315 e. The summed E-state index contributed by atoms with van der Waals surface area (Å²) in [6.07, 6.45) is 2.24. The molecule has 0 atom stereocenters. The lowest BCUT2D eigenvalue weighted by atomic mass is 10.0. The normalized spacial score (nSPS) is 14.1. The van der Waals surface area contributed by atoms with Crippen molar-refractivity contribution in [3.05, 3.63) is 68.8 Å². The van der Waals surface area contributed by atoms with E-state index in [0.29, 0.717) is 58.9 Å². The highest BCUT2D eigenvalue weighted by Gasteiger charge is 2.29. The Labute approximate surface area is 225 Å². The number of aromatic nitrogens is 2. The third-order valence-electron chi connectivity index (χ3n) is 6.23. The molecule has 1 saturated heterocycles. The first-order valence-corrected chi connectivity index (χ1v) is 13.1. The Morgan fingerprint density at radius 3 is 2.33 bits per heavy atom. The number of carbonyl (C=O) groups excluding carboxylic acids is 2. The van der Waals surface area contributed by atoms with E-state index >= 15 is 0 Å². The molecule has 0 saturated carbocycles. The molecule has 1 fully saturated rings. The van der Waals surface area contributed by atoms with Crippen LogP contribution in [0.4, 0.5) is 4.79 Å². The van der Waals surface area contributed by atoms with Crippen molar-refractivity contribution < 1.29 is 9.59 Å². The van der Waals surface area contributed by atoms with Crippen molar-refractivity contribution >= 4 is 46.7 Å². The minimum Gasteiger partial charge on any atom is -0.338 e. The number of rotatable bonds is 6. The first kappa shape index (κ1) is 26.3.